The minimum Gasteiger partial charge on any atom is -0.113 e. The van der Waals surface area contributed by atoms with Crippen LogP contribution in [0.2, 0.25) is 0 Å². The van der Waals surface area contributed by atoms with Crippen LogP contribution in [0.4, 0.5) is 0 Å². The van der Waals surface area contributed by atoms with Gasteiger partial charge in [-0.25, -0.2) is 0 Å². The van der Waals surface area contributed by atoms with E-state index in [1.807, 2.05) is 0 Å². The topological polar surface area (TPSA) is 0 Å². The summed E-state index contributed by atoms with van der Waals surface area (Å²) in [7, 11) is 0.140. The Kier molecular flexibility index (Phi) is 2.91. The van der Waals surface area contributed by atoms with Crippen LogP contribution >= 0.6 is 41.9 Å². The van der Waals surface area contributed by atoms with Crippen molar-refractivity contribution in [2.24, 2.45) is 16.2 Å². The van der Waals surface area contributed by atoms with E-state index in [0.29, 0.717) is 30.3 Å². The van der Waals surface area contributed by atoms with Gasteiger partial charge in [-0.05, 0) is 30.5 Å². The summed E-state index contributed by atoms with van der Waals surface area (Å²) in [6.07, 6.45) is 0. The van der Waals surface area contributed by atoms with Crippen LogP contribution in [0, 0.1) is 16.2 Å². The quantitative estimate of drug-likeness (QED) is 0.382. The first-order chi connectivity index (χ1) is 9.18. The van der Waals surface area contributed by atoms with Crippen molar-refractivity contribution in [3.8, 4) is 0 Å². The molecule has 4 unspecified atom stereocenters. The maximum Gasteiger partial charge on any atom is 0.0936 e. The molecular weight excluding hydrogens is 369 g/mol. The summed E-state index contributed by atoms with van der Waals surface area (Å²) in [6, 6.07) is 0. The molecule has 0 aromatic carbocycles. The predicted molar refractivity (Wildman–Crippen MR) is 110 cm³/mol. The van der Waals surface area contributed by atoms with Crippen LogP contribution in [-0.2, 0) is 11.8 Å². The van der Waals surface area contributed by atoms with Crippen LogP contribution in [0.1, 0.15) is 62.3 Å². The van der Waals surface area contributed by atoms with Gasteiger partial charge in [-0.2, -0.15) is 0 Å². The third-order valence-corrected chi connectivity index (χ3v) is 42.7. The molecule has 0 aromatic heterocycles. The third kappa shape index (κ3) is 1.17. The molecule has 0 spiro atoms. The first-order valence-electron chi connectivity index (χ1n) is 7.78. The van der Waals surface area contributed by atoms with Crippen LogP contribution < -0.4 is 0 Å². The maximum atomic E-state index is 6.65. The Bertz CT molecular complexity index is 611. The number of rotatable bonds is 0. The van der Waals surface area contributed by atoms with E-state index in [0.717, 1.165) is 0 Å². The second kappa shape index (κ2) is 3.67. The molecule has 0 aliphatic carbocycles. The lowest BCUT2D eigenvalue weighted by Gasteiger charge is -2.57. The van der Waals surface area contributed by atoms with E-state index in [1.54, 1.807) is 0 Å². The van der Waals surface area contributed by atoms with Crippen LogP contribution in [0.25, 0.3) is 0 Å². The van der Waals surface area contributed by atoms with Crippen molar-refractivity contribution in [1.29, 1.82) is 0 Å². The number of hydrogen-bond donors (Lipinski definition) is 0. The third-order valence-electron chi connectivity index (χ3n) is 5.90. The van der Waals surface area contributed by atoms with Gasteiger partial charge in [0, 0.05) is 5.24 Å². The smallest absolute Gasteiger partial charge is 0.0936 e. The Morgan fingerprint density at radius 1 is 0.810 bits per heavy atom. The van der Waals surface area contributed by atoms with E-state index >= 15 is 0 Å². The van der Waals surface area contributed by atoms with Gasteiger partial charge < -0.3 is 0 Å². The van der Waals surface area contributed by atoms with E-state index in [2.05, 4.69) is 84.7 Å². The molecule has 5 heterocycles. The normalized spacial score (nSPS) is 57.4. The average Bonchev–Trinajstić information content (AvgIpc) is 2.43. The molecule has 5 rings (SSSR count). The molecule has 5 fully saturated rings. The highest BCUT2D eigenvalue weighted by atomic mass is 33.2. The molecular formula is C15H27P3S3. The van der Waals surface area contributed by atoms with Crippen molar-refractivity contribution in [1.82, 2.24) is 0 Å². The molecule has 0 amide bonds. The molecule has 6 bridgehead atoms. The summed E-state index contributed by atoms with van der Waals surface area (Å²) in [6.45, 7) is 22.6. The molecule has 5 aliphatic rings. The molecule has 0 saturated carbocycles. The zero-order valence-corrected chi connectivity index (χ0v) is 19.7. The highest BCUT2D eigenvalue weighted by Crippen LogP contribution is 3.40. The molecule has 21 heavy (non-hydrogen) atoms. The van der Waals surface area contributed by atoms with Crippen LogP contribution in [0.3, 0.4) is 0 Å². The fraction of sp³-hybridized carbons (Fsp3) is 1.00. The lowest BCUT2D eigenvalue weighted by molar-refractivity contribution is 0.297. The molecule has 120 valence electrons. The molecule has 0 N–H and O–H groups in total. The summed E-state index contributed by atoms with van der Waals surface area (Å²) in [5, 5.41) is -1.33. The van der Waals surface area contributed by atoms with Crippen molar-refractivity contribution >= 4 is 53.7 Å². The summed E-state index contributed by atoms with van der Waals surface area (Å²) >= 11 is 11.5. The van der Waals surface area contributed by atoms with E-state index in [-0.39, 0.29) is 14.2 Å². The summed E-state index contributed by atoms with van der Waals surface area (Å²) < 4.78 is 0.515. The lowest BCUT2D eigenvalue weighted by Crippen LogP contribution is -2.38. The predicted octanol–water partition coefficient (Wildman–Crippen LogP) is 7.88. The SMILES string of the molecule is CC(C)(C)C12SP3[C@]4(C(C)(C)C)P1SP2(=S)[C@]34C(C)(C)C. The Morgan fingerprint density at radius 2 is 1.33 bits per heavy atom. The van der Waals surface area contributed by atoms with Gasteiger partial charge in [0.1, 0.15) is 0 Å². The van der Waals surface area contributed by atoms with Crippen molar-refractivity contribution < 1.29 is 0 Å². The van der Waals surface area contributed by atoms with Crippen molar-refractivity contribution in [2.75, 3.05) is 0 Å². The molecule has 5 aliphatic heterocycles. The molecule has 0 aromatic rings. The fourth-order valence-electron chi connectivity index (χ4n) is 5.37. The van der Waals surface area contributed by atoms with E-state index in [9.17, 15) is 0 Å². The monoisotopic (exact) mass is 396 g/mol. The van der Waals surface area contributed by atoms with Crippen LogP contribution in [0.5, 0.6) is 0 Å². The second-order valence-electron chi connectivity index (χ2n) is 10.0. The minimum absolute atomic E-state index is 0.0518. The highest BCUT2D eigenvalue weighted by molar-refractivity contribution is 9.12. The first-order valence-corrected chi connectivity index (χ1v) is 16.7. The summed E-state index contributed by atoms with van der Waals surface area (Å²) in [4.78, 5) is 1.17. The Labute approximate surface area is 145 Å². The zero-order valence-electron chi connectivity index (χ0n) is 14.6. The van der Waals surface area contributed by atoms with Gasteiger partial charge in [-0.15, -0.1) is 11.4 Å². The highest BCUT2D eigenvalue weighted by Gasteiger charge is 3.10. The van der Waals surface area contributed by atoms with Gasteiger partial charge >= 0.3 is 0 Å². The van der Waals surface area contributed by atoms with Crippen molar-refractivity contribution in [3.05, 3.63) is 0 Å². The van der Waals surface area contributed by atoms with E-state index < -0.39 is 5.24 Å². The number of hydrogen-bond acceptors (Lipinski definition) is 3. The standard InChI is InChI=1S/C15H27P3S3/c1-10(2,3)13-14(11(4,5)6)16(13)20-15(12(7,8)9)17(13)21-18(14,15)19/h1-9H3/t13-,14+,15?,16?,17?,18?/m1/s1. The molecule has 6 atom stereocenters. The first kappa shape index (κ1) is 16.7. The zero-order chi connectivity index (χ0) is 16.1. The largest absolute Gasteiger partial charge is 0.113 e. The van der Waals surface area contributed by atoms with Gasteiger partial charge in [0.25, 0.3) is 0 Å². The molecule has 0 radical (unpaired) electrons. The molecule has 5 saturated heterocycles. The van der Waals surface area contributed by atoms with Gasteiger partial charge in [0.05, 0.1) is 14.0 Å². The summed E-state index contributed by atoms with van der Waals surface area (Å²) in [5.74, 6) is 0. The van der Waals surface area contributed by atoms with Crippen molar-refractivity contribution in [2.45, 2.75) is 76.3 Å². The van der Waals surface area contributed by atoms with Gasteiger partial charge in [0.2, 0.25) is 0 Å². The molecule has 6 heteroatoms. The average molecular weight is 397 g/mol. The van der Waals surface area contributed by atoms with Crippen LogP contribution in [0.15, 0.2) is 0 Å². The van der Waals surface area contributed by atoms with Gasteiger partial charge in [-0.3, -0.25) is 0 Å². The van der Waals surface area contributed by atoms with Crippen LogP contribution in [-0.4, -0.2) is 14.0 Å². The van der Waals surface area contributed by atoms with E-state index in [1.165, 1.54) is 0 Å². The fourth-order valence-corrected chi connectivity index (χ4v) is 64.7. The Hall–Kier alpha value is 2.21. The Morgan fingerprint density at radius 3 is 1.57 bits per heavy atom. The maximum absolute atomic E-state index is 6.65. The summed E-state index contributed by atoms with van der Waals surface area (Å²) in [5.41, 5.74) is 1.21. The molecule has 0 nitrogen and oxygen atoms in total. The van der Waals surface area contributed by atoms with Crippen molar-refractivity contribution in [3.63, 3.8) is 0 Å². The second-order valence-corrected chi connectivity index (χ2v) is 27.6. The Balaban J connectivity index is 2.04. The van der Waals surface area contributed by atoms with E-state index in [4.69, 9.17) is 11.8 Å². The van der Waals surface area contributed by atoms with Gasteiger partial charge in [-0.1, -0.05) is 85.1 Å². The minimum atomic E-state index is -1.33. The lowest BCUT2D eigenvalue weighted by atomic mass is 9.80. The van der Waals surface area contributed by atoms with Gasteiger partial charge in [0.15, 0.2) is 0 Å².